The summed E-state index contributed by atoms with van der Waals surface area (Å²) in [7, 11) is 0. The highest BCUT2D eigenvalue weighted by Gasteiger charge is 2.29. The molecule has 25 heavy (non-hydrogen) atoms. The number of fused-ring (bicyclic) bond motifs is 1. The number of aromatic nitrogens is 2. The normalized spacial score (nSPS) is 18.0. The summed E-state index contributed by atoms with van der Waals surface area (Å²) >= 11 is 0. The molecule has 0 bridgehead atoms. The second-order valence-corrected chi connectivity index (χ2v) is 6.79. The van der Waals surface area contributed by atoms with E-state index < -0.39 is 0 Å². The van der Waals surface area contributed by atoms with Gasteiger partial charge in [0.25, 0.3) is 5.91 Å². The molecule has 3 aromatic rings. The molecule has 1 aliphatic rings. The number of rotatable bonds is 4. The second-order valence-electron chi connectivity index (χ2n) is 6.79. The summed E-state index contributed by atoms with van der Waals surface area (Å²) in [6.07, 6.45) is 8.00. The number of piperidine rings is 1. The molecule has 1 saturated heterocycles. The van der Waals surface area contributed by atoms with Crippen molar-refractivity contribution in [2.24, 2.45) is 0 Å². The van der Waals surface area contributed by atoms with Crippen molar-refractivity contribution in [1.29, 1.82) is 0 Å². The number of amides is 1. The number of hydrogen-bond donors (Lipinski definition) is 0. The first-order chi connectivity index (χ1) is 12.2. The molecule has 1 fully saturated rings. The van der Waals surface area contributed by atoms with Crippen molar-refractivity contribution in [2.45, 2.75) is 45.2 Å². The standard InChI is InChI=1S/C20H23N3O2/c1-15-14-16-6-4-8-18(19(16)25-15)20(24)23-12-3-2-7-17(23)9-13-22-11-5-10-21-22/h4-6,8,10-11,14,17H,2-3,7,9,12-13H2,1H3/t17-/m0/s1. The SMILES string of the molecule is Cc1cc2cccc(C(=O)N3CCCC[C@H]3CCn3cccn3)c2o1. The van der Waals surface area contributed by atoms with E-state index in [-0.39, 0.29) is 11.9 Å². The number of aryl methyl sites for hydroxylation is 2. The molecule has 1 amide bonds. The molecule has 0 N–H and O–H groups in total. The lowest BCUT2D eigenvalue weighted by Crippen LogP contribution is -2.44. The van der Waals surface area contributed by atoms with E-state index in [1.807, 2.05) is 53.0 Å². The van der Waals surface area contributed by atoms with E-state index in [9.17, 15) is 4.79 Å². The lowest BCUT2D eigenvalue weighted by molar-refractivity contribution is 0.0595. The first kappa shape index (κ1) is 15.9. The van der Waals surface area contributed by atoms with Crippen molar-refractivity contribution in [1.82, 2.24) is 14.7 Å². The number of furan rings is 1. The average Bonchev–Trinajstić information content (AvgIpc) is 3.27. The Morgan fingerprint density at radius 3 is 3.08 bits per heavy atom. The fraction of sp³-hybridized carbons (Fsp3) is 0.400. The predicted octanol–water partition coefficient (Wildman–Crippen LogP) is 4.02. The number of carbonyl (C=O) groups excluding carboxylic acids is 1. The first-order valence-corrected chi connectivity index (χ1v) is 9.00. The Hall–Kier alpha value is -2.56. The number of carbonyl (C=O) groups is 1. The second kappa shape index (κ2) is 6.75. The Kier molecular flexibility index (Phi) is 4.30. The van der Waals surface area contributed by atoms with E-state index >= 15 is 0 Å². The number of hydrogen-bond acceptors (Lipinski definition) is 3. The fourth-order valence-corrected chi connectivity index (χ4v) is 3.80. The topological polar surface area (TPSA) is 51.3 Å². The van der Waals surface area contributed by atoms with Crippen LogP contribution in [0.4, 0.5) is 0 Å². The minimum absolute atomic E-state index is 0.0881. The third kappa shape index (κ3) is 3.18. The average molecular weight is 337 g/mol. The Balaban J connectivity index is 1.57. The van der Waals surface area contributed by atoms with Gasteiger partial charge in [0, 0.05) is 36.9 Å². The zero-order valence-corrected chi connectivity index (χ0v) is 14.5. The molecule has 0 spiro atoms. The van der Waals surface area contributed by atoms with Crippen LogP contribution >= 0.6 is 0 Å². The van der Waals surface area contributed by atoms with Crippen LogP contribution in [0.3, 0.4) is 0 Å². The van der Waals surface area contributed by atoms with E-state index in [4.69, 9.17) is 4.42 Å². The van der Waals surface area contributed by atoms with Gasteiger partial charge in [-0.2, -0.15) is 5.10 Å². The van der Waals surface area contributed by atoms with Crippen LogP contribution < -0.4 is 0 Å². The van der Waals surface area contributed by atoms with Gasteiger partial charge >= 0.3 is 0 Å². The summed E-state index contributed by atoms with van der Waals surface area (Å²) in [6.45, 7) is 3.58. The lowest BCUT2D eigenvalue weighted by atomic mass is 9.98. The van der Waals surface area contributed by atoms with Gasteiger partial charge < -0.3 is 9.32 Å². The van der Waals surface area contributed by atoms with E-state index in [1.165, 1.54) is 6.42 Å². The molecule has 130 valence electrons. The third-order valence-corrected chi connectivity index (χ3v) is 5.04. The van der Waals surface area contributed by atoms with Gasteiger partial charge in [-0.15, -0.1) is 0 Å². The minimum atomic E-state index is 0.0881. The van der Waals surface area contributed by atoms with Gasteiger partial charge in [-0.1, -0.05) is 12.1 Å². The molecular formula is C20H23N3O2. The summed E-state index contributed by atoms with van der Waals surface area (Å²) in [5, 5.41) is 5.26. The van der Waals surface area contributed by atoms with Crippen molar-refractivity contribution < 1.29 is 9.21 Å². The van der Waals surface area contributed by atoms with Gasteiger partial charge in [-0.25, -0.2) is 0 Å². The van der Waals surface area contributed by atoms with Gasteiger partial charge in [0.2, 0.25) is 0 Å². The van der Waals surface area contributed by atoms with Crippen LogP contribution in [0.1, 0.15) is 41.8 Å². The Morgan fingerprint density at radius 1 is 1.32 bits per heavy atom. The molecule has 2 aromatic heterocycles. The summed E-state index contributed by atoms with van der Waals surface area (Å²) in [5.41, 5.74) is 1.39. The Morgan fingerprint density at radius 2 is 2.24 bits per heavy atom. The van der Waals surface area contributed by atoms with Crippen LogP contribution in [-0.4, -0.2) is 33.2 Å². The fourth-order valence-electron chi connectivity index (χ4n) is 3.80. The maximum Gasteiger partial charge on any atom is 0.257 e. The van der Waals surface area contributed by atoms with Crippen molar-refractivity contribution in [2.75, 3.05) is 6.54 Å². The molecular weight excluding hydrogens is 314 g/mol. The largest absolute Gasteiger partial charge is 0.461 e. The van der Waals surface area contributed by atoms with E-state index in [0.717, 1.165) is 43.5 Å². The van der Waals surface area contributed by atoms with E-state index in [2.05, 4.69) is 5.10 Å². The number of benzene rings is 1. The van der Waals surface area contributed by atoms with E-state index in [1.54, 1.807) is 6.20 Å². The summed E-state index contributed by atoms with van der Waals surface area (Å²) in [4.78, 5) is 15.3. The number of nitrogens with zero attached hydrogens (tertiary/aromatic N) is 3. The highest BCUT2D eigenvalue weighted by molar-refractivity contribution is 6.05. The van der Waals surface area contributed by atoms with Gasteiger partial charge in [-0.05, 0) is 50.8 Å². The van der Waals surface area contributed by atoms with Crippen LogP contribution in [0.15, 0.2) is 47.1 Å². The summed E-state index contributed by atoms with van der Waals surface area (Å²) < 4.78 is 7.74. The maximum absolute atomic E-state index is 13.2. The first-order valence-electron chi connectivity index (χ1n) is 9.00. The highest BCUT2D eigenvalue weighted by Crippen LogP contribution is 2.27. The summed E-state index contributed by atoms with van der Waals surface area (Å²) in [5.74, 6) is 0.925. The number of likely N-dealkylation sites (tertiary alicyclic amines) is 1. The quantitative estimate of drug-likeness (QED) is 0.722. The summed E-state index contributed by atoms with van der Waals surface area (Å²) in [6, 6.07) is 9.99. The molecule has 4 rings (SSSR count). The third-order valence-electron chi connectivity index (χ3n) is 5.04. The lowest BCUT2D eigenvalue weighted by Gasteiger charge is -2.36. The highest BCUT2D eigenvalue weighted by atomic mass is 16.3. The molecule has 3 heterocycles. The van der Waals surface area contributed by atoms with Crippen LogP contribution in [0, 0.1) is 6.92 Å². The molecule has 0 aliphatic carbocycles. The maximum atomic E-state index is 13.2. The molecule has 1 aromatic carbocycles. The van der Waals surface area contributed by atoms with Crippen LogP contribution in [0.25, 0.3) is 11.0 Å². The van der Waals surface area contributed by atoms with Gasteiger partial charge in [0.05, 0.1) is 5.56 Å². The van der Waals surface area contributed by atoms with E-state index in [0.29, 0.717) is 11.1 Å². The number of para-hydroxylation sites is 1. The Labute approximate surface area is 147 Å². The zero-order valence-electron chi connectivity index (χ0n) is 14.5. The van der Waals surface area contributed by atoms with Crippen molar-refractivity contribution in [3.8, 4) is 0 Å². The van der Waals surface area contributed by atoms with Gasteiger partial charge in [0.1, 0.15) is 11.3 Å². The minimum Gasteiger partial charge on any atom is -0.461 e. The molecule has 0 saturated carbocycles. The van der Waals surface area contributed by atoms with Gasteiger partial charge in [-0.3, -0.25) is 9.48 Å². The van der Waals surface area contributed by atoms with Crippen molar-refractivity contribution >= 4 is 16.9 Å². The molecule has 1 atom stereocenters. The molecule has 0 unspecified atom stereocenters. The van der Waals surface area contributed by atoms with Crippen molar-refractivity contribution in [3.63, 3.8) is 0 Å². The monoisotopic (exact) mass is 337 g/mol. The Bertz CT molecular complexity index is 866. The smallest absolute Gasteiger partial charge is 0.257 e. The van der Waals surface area contributed by atoms with Crippen LogP contribution in [-0.2, 0) is 6.54 Å². The molecule has 0 radical (unpaired) electrons. The molecule has 1 aliphatic heterocycles. The zero-order chi connectivity index (χ0) is 17.2. The van der Waals surface area contributed by atoms with Gasteiger partial charge in [0.15, 0.2) is 0 Å². The van der Waals surface area contributed by atoms with Crippen molar-refractivity contribution in [3.05, 3.63) is 54.0 Å². The van der Waals surface area contributed by atoms with Crippen LogP contribution in [0.2, 0.25) is 0 Å². The van der Waals surface area contributed by atoms with Crippen LogP contribution in [0.5, 0.6) is 0 Å². The predicted molar refractivity (Wildman–Crippen MR) is 96.5 cm³/mol. The molecule has 5 nitrogen and oxygen atoms in total. The molecule has 5 heteroatoms.